The summed E-state index contributed by atoms with van der Waals surface area (Å²) in [4.78, 5) is 54.3. The van der Waals surface area contributed by atoms with E-state index in [1.807, 2.05) is 42.3 Å². The molecule has 11 nitrogen and oxygen atoms in total. The smallest absolute Gasteiger partial charge is 0.420 e. The van der Waals surface area contributed by atoms with Gasteiger partial charge in [0, 0.05) is 13.1 Å². The first-order valence-corrected chi connectivity index (χ1v) is 13.9. The predicted octanol–water partition coefficient (Wildman–Crippen LogP) is 5.51. The molecule has 1 aromatic carbocycles. The maximum absolute atomic E-state index is 13.3. The van der Waals surface area contributed by atoms with Gasteiger partial charge in [-0.15, -0.1) is 0 Å². The summed E-state index contributed by atoms with van der Waals surface area (Å²) in [7, 11) is 1.86. The molecule has 232 valence electrons. The van der Waals surface area contributed by atoms with Crippen molar-refractivity contribution in [2.24, 2.45) is 0 Å². The summed E-state index contributed by atoms with van der Waals surface area (Å²) >= 11 is 0. The Morgan fingerprint density at radius 1 is 0.780 bits per heavy atom. The van der Waals surface area contributed by atoms with Crippen molar-refractivity contribution in [2.75, 3.05) is 26.7 Å². The lowest BCUT2D eigenvalue weighted by Crippen LogP contribution is -2.53. The minimum atomic E-state index is -1.27. The summed E-state index contributed by atoms with van der Waals surface area (Å²) < 4.78 is 21.7. The van der Waals surface area contributed by atoms with Crippen LogP contribution in [0.3, 0.4) is 0 Å². The first-order valence-electron chi connectivity index (χ1n) is 13.9. The van der Waals surface area contributed by atoms with Crippen LogP contribution < -0.4 is 5.32 Å². The Labute approximate surface area is 244 Å². The lowest BCUT2D eigenvalue weighted by Gasteiger charge is -2.34. The number of rotatable bonds is 11. The van der Waals surface area contributed by atoms with Crippen LogP contribution in [-0.2, 0) is 30.3 Å². The molecule has 0 aliphatic rings. The van der Waals surface area contributed by atoms with E-state index in [1.165, 1.54) is 0 Å². The number of imide groups is 1. The number of carbonyl (C=O) groups is 4. The molecule has 0 radical (unpaired) electrons. The van der Waals surface area contributed by atoms with Gasteiger partial charge in [-0.3, -0.25) is 0 Å². The van der Waals surface area contributed by atoms with E-state index in [2.05, 4.69) is 5.32 Å². The number of esters is 1. The van der Waals surface area contributed by atoms with Crippen molar-refractivity contribution in [1.29, 1.82) is 0 Å². The topological polar surface area (TPSA) is 124 Å². The molecular weight excluding hydrogens is 530 g/mol. The van der Waals surface area contributed by atoms with Gasteiger partial charge in [0.1, 0.15) is 29.5 Å². The van der Waals surface area contributed by atoms with Gasteiger partial charge in [0.15, 0.2) is 0 Å². The van der Waals surface area contributed by atoms with Crippen LogP contribution in [0.2, 0.25) is 0 Å². The second kappa shape index (κ2) is 15.6. The summed E-state index contributed by atoms with van der Waals surface area (Å²) in [5.41, 5.74) is -1.78. The van der Waals surface area contributed by atoms with Crippen molar-refractivity contribution in [2.45, 2.75) is 105 Å². The van der Waals surface area contributed by atoms with Crippen LogP contribution in [0, 0.1) is 0 Å². The minimum absolute atomic E-state index is 0.115. The van der Waals surface area contributed by atoms with Crippen LogP contribution in [0.5, 0.6) is 0 Å². The highest BCUT2D eigenvalue weighted by molar-refractivity contribution is 5.94. The standard InChI is InChI=1S/C30H49N3O8/c1-28(2,3)39-24(34)23(33(26(36)40-29(4,5)6)27(37)41-30(7,8)9)17-14-19-32(10)20-18-31-25(35)38-21-22-15-12-11-13-16-22/h11-13,15-16,23H,14,17-21H2,1-10H3,(H,31,35)/t23-/m0/s1. The highest BCUT2D eigenvalue weighted by Crippen LogP contribution is 2.22. The number of carbonyl (C=O) groups excluding carboxylic acids is 4. The Bertz CT molecular complexity index is 966. The van der Waals surface area contributed by atoms with Crippen LogP contribution in [0.25, 0.3) is 0 Å². The minimum Gasteiger partial charge on any atom is -0.458 e. The van der Waals surface area contributed by atoms with E-state index in [0.717, 1.165) is 10.5 Å². The normalized spacial score (nSPS) is 12.8. The molecule has 1 atom stereocenters. The number of hydrogen-bond donors (Lipinski definition) is 1. The molecule has 0 aromatic heterocycles. The fourth-order valence-electron chi connectivity index (χ4n) is 3.46. The SMILES string of the molecule is CN(CCC[C@@H](C(=O)OC(C)(C)C)N(C(=O)OC(C)(C)C)C(=O)OC(C)(C)C)CCNC(=O)OCc1ccccc1. The highest BCUT2D eigenvalue weighted by atomic mass is 16.6. The first kappa shape index (κ1) is 35.7. The first-order chi connectivity index (χ1) is 18.8. The Hall–Kier alpha value is -3.34. The number of ether oxygens (including phenoxy) is 4. The van der Waals surface area contributed by atoms with E-state index in [4.69, 9.17) is 18.9 Å². The number of hydrogen-bond acceptors (Lipinski definition) is 9. The molecule has 41 heavy (non-hydrogen) atoms. The maximum Gasteiger partial charge on any atom is 0.420 e. The molecule has 0 saturated heterocycles. The van der Waals surface area contributed by atoms with Gasteiger partial charge in [0.2, 0.25) is 0 Å². The van der Waals surface area contributed by atoms with Gasteiger partial charge in [-0.25, -0.2) is 19.2 Å². The number of alkyl carbamates (subject to hydrolysis) is 1. The second-order valence-corrected chi connectivity index (χ2v) is 12.8. The summed E-state index contributed by atoms with van der Waals surface area (Å²) in [6, 6.07) is 8.12. The van der Waals surface area contributed by atoms with Crippen LogP contribution in [-0.4, -0.2) is 83.6 Å². The van der Waals surface area contributed by atoms with Crippen LogP contribution >= 0.6 is 0 Å². The molecule has 0 heterocycles. The van der Waals surface area contributed by atoms with Crippen molar-refractivity contribution >= 4 is 24.2 Å². The maximum atomic E-state index is 13.3. The number of nitrogens with zero attached hydrogens (tertiary/aromatic N) is 2. The fourth-order valence-corrected chi connectivity index (χ4v) is 3.46. The van der Waals surface area contributed by atoms with Gasteiger partial charge in [-0.1, -0.05) is 30.3 Å². The summed E-state index contributed by atoms with van der Waals surface area (Å²) in [5, 5.41) is 2.71. The van der Waals surface area contributed by atoms with E-state index >= 15 is 0 Å². The van der Waals surface area contributed by atoms with Crippen LogP contribution in [0.1, 0.15) is 80.7 Å². The molecule has 11 heteroatoms. The van der Waals surface area contributed by atoms with Crippen LogP contribution in [0.4, 0.5) is 14.4 Å². The van der Waals surface area contributed by atoms with Gasteiger partial charge in [-0.2, -0.15) is 4.90 Å². The van der Waals surface area contributed by atoms with E-state index in [9.17, 15) is 19.2 Å². The molecule has 0 fully saturated rings. The average molecular weight is 580 g/mol. The molecule has 1 aromatic rings. The molecule has 0 aliphatic carbocycles. The van der Waals surface area contributed by atoms with Crippen molar-refractivity contribution in [1.82, 2.24) is 15.1 Å². The number of amides is 3. The highest BCUT2D eigenvalue weighted by Gasteiger charge is 2.41. The summed E-state index contributed by atoms with van der Waals surface area (Å²) in [6.07, 6.45) is -1.95. The van der Waals surface area contributed by atoms with Gasteiger partial charge in [0.05, 0.1) is 0 Å². The van der Waals surface area contributed by atoms with Crippen molar-refractivity contribution in [3.05, 3.63) is 35.9 Å². The second-order valence-electron chi connectivity index (χ2n) is 12.8. The Morgan fingerprint density at radius 3 is 1.78 bits per heavy atom. The predicted molar refractivity (Wildman–Crippen MR) is 155 cm³/mol. The monoisotopic (exact) mass is 579 g/mol. The zero-order chi connectivity index (χ0) is 31.4. The van der Waals surface area contributed by atoms with Gasteiger partial charge in [0.25, 0.3) is 0 Å². The van der Waals surface area contributed by atoms with E-state index in [-0.39, 0.29) is 13.0 Å². The quantitative estimate of drug-likeness (QED) is 0.267. The molecule has 0 spiro atoms. The Kier molecular flexibility index (Phi) is 13.6. The third kappa shape index (κ3) is 15.9. The zero-order valence-electron chi connectivity index (χ0n) is 26.4. The third-order valence-electron chi connectivity index (χ3n) is 5.16. The molecule has 0 saturated carbocycles. The van der Waals surface area contributed by atoms with E-state index in [0.29, 0.717) is 26.1 Å². The Balaban J connectivity index is 2.85. The van der Waals surface area contributed by atoms with E-state index in [1.54, 1.807) is 62.3 Å². The summed E-state index contributed by atoms with van der Waals surface area (Å²) in [6.45, 7) is 16.7. The Morgan fingerprint density at radius 2 is 1.29 bits per heavy atom. The number of likely N-dealkylation sites (N-methyl/N-ethyl adjacent to an activating group) is 1. The van der Waals surface area contributed by atoms with Crippen molar-refractivity contribution in [3.63, 3.8) is 0 Å². The van der Waals surface area contributed by atoms with Crippen LogP contribution in [0.15, 0.2) is 30.3 Å². The summed E-state index contributed by atoms with van der Waals surface area (Å²) in [5.74, 6) is -0.736. The largest absolute Gasteiger partial charge is 0.458 e. The van der Waals surface area contributed by atoms with Crippen molar-refractivity contribution in [3.8, 4) is 0 Å². The zero-order valence-corrected chi connectivity index (χ0v) is 26.4. The van der Waals surface area contributed by atoms with Gasteiger partial charge >= 0.3 is 24.2 Å². The molecule has 1 rings (SSSR count). The molecular formula is C30H49N3O8. The lowest BCUT2D eigenvalue weighted by molar-refractivity contribution is -0.161. The molecule has 0 aliphatic heterocycles. The number of nitrogens with one attached hydrogen (secondary N) is 1. The van der Waals surface area contributed by atoms with Crippen molar-refractivity contribution < 1.29 is 38.1 Å². The average Bonchev–Trinajstić information content (AvgIpc) is 2.79. The van der Waals surface area contributed by atoms with Gasteiger partial charge < -0.3 is 29.2 Å². The van der Waals surface area contributed by atoms with E-state index < -0.39 is 47.1 Å². The molecule has 0 unspecified atom stereocenters. The molecule has 0 bridgehead atoms. The lowest BCUT2D eigenvalue weighted by atomic mass is 10.1. The van der Waals surface area contributed by atoms with Gasteiger partial charge in [-0.05, 0) is 94.3 Å². The third-order valence-corrected chi connectivity index (χ3v) is 5.16. The fraction of sp³-hybridized carbons (Fsp3) is 0.667. The number of benzene rings is 1. The molecule has 1 N–H and O–H groups in total. The molecule has 3 amide bonds.